The number of anilines is 2. The van der Waals surface area contributed by atoms with E-state index in [0.29, 0.717) is 18.8 Å². The molecular weight excluding hydrogens is 346 g/mol. The Bertz CT molecular complexity index is 760. The van der Waals surface area contributed by atoms with Crippen molar-refractivity contribution in [2.24, 2.45) is 0 Å². The average Bonchev–Trinajstić information content (AvgIpc) is 2.64. The van der Waals surface area contributed by atoms with Crippen LogP contribution in [0.3, 0.4) is 0 Å². The van der Waals surface area contributed by atoms with Crippen LogP contribution in [0.1, 0.15) is 11.1 Å². The van der Waals surface area contributed by atoms with Crippen LogP contribution < -0.4 is 15.5 Å². The highest BCUT2D eigenvalue weighted by atomic mass is 32.2. The van der Waals surface area contributed by atoms with Crippen molar-refractivity contribution in [2.45, 2.75) is 12.7 Å². The van der Waals surface area contributed by atoms with E-state index in [4.69, 9.17) is 0 Å². The zero-order chi connectivity index (χ0) is 18.4. The largest absolute Gasteiger partial charge is 0.360 e. The third-order valence-corrected chi connectivity index (χ3v) is 5.18. The van der Waals surface area contributed by atoms with Gasteiger partial charge in [0.15, 0.2) is 0 Å². The van der Waals surface area contributed by atoms with Gasteiger partial charge in [0.25, 0.3) is 0 Å². The molecule has 2 aromatic rings. The zero-order valence-electron chi connectivity index (χ0n) is 14.8. The Labute approximate surface area is 158 Å². The maximum atomic E-state index is 12.1. The average molecular weight is 369 g/mol. The molecule has 26 heavy (non-hydrogen) atoms. The van der Waals surface area contributed by atoms with Gasteiger partial charge in [0, 0.05) is 30.2 Å². The predicted molar refractivity (Wildman–Crippen MR) is 108 cm³/mol. The highest BCUT2D eigenvalue weighted by Crippen LogP contribution is 2.19. The number of carbonyl (C=O) groups is 2. The number of rotatable bonds is 6. The molecule has 2 amide bonds. The molecule has 1 saturated heterocycles. The maximum Gasteiger partial charge on any atom is 0.239 e. The Morgan fingerprint density at radius 3 is 2.58 bits per heavy atom. The molecule has 0 spiro atoms. The van der Waals surface area contributed by atoms with Gasteiger partial charge in [0.1, 0.15) is 0 Å². The van der Waals surface area contributed by atoms with Gasteiger partial charge in [0.05, 0.1) is 12.3 Å². The number of benzene rings is 2. The molecule has 5 nitrogen and oxygen atoms in total. The van der Waals surface area contributed by atoms with Crippen molar-refractivity contribution in [3.63, 3.8) is 0 Å². The van der Waals surface area contributed by atoms with Crippen LogP contribution in [-0.4, -0.2) is 37.2 Å². The first kappa shape index (κ1) is 18.3. The third-order valence-electron chi connectivity index (χ3n) is 4.18. The minimum Gasteiger partial charge on any atom is -0.360 e. The molecule has 1 aliphatic rings. The molecular formula is C20H23N3O2S. The molecule has 0 aromatic heterocycles. The van der Waals surface area contributed by atoms with Gasteiger partial charge in [-0.15, -0.1) is 11.8 Å². The molecule has 6 heteroatoms. The number of thioether (sulfide) groups is 1. The molecule has 3 rings (SSSR count). The van der Waals surface area contributed by atoms with Crippen LogP contribution in [0.2, 0.25) is 0 Å². The van der Waals surface area contributed by atoms with Crippen molar-refractivity contribution in [1.82, 2.24) is 5.32 Å². The van der Waals surface area contributed by atoms with Gasteiger partial charge in [-0.2, -0.15) is 0 Å². The molecule has 1 heterocycles. The summed E-state index contributed by atoms with van der Waals surface area (Å²) in [6.07, 6.45) is 0. The third kappa shape index (κ3) is 5.26. The second-order valence-corrected chi connectivity index (χ2v) is 7.33. The molecule has 0 radical (unpaired) electrons. The van der Waals surface area contributed by atoms with Gasteiger partial charge in [-0.3, -0.25) is 9.59 Å². The molecule has 0 saturated carbocycles. The van der Waals surface area contributed by atoms with Crippen LogP contribution in [0.4, 0.5) is 11.4 Å². The number of hydrogen-bond donors (Lipinski definition) is 2. The van der Waals surface area contributed by atoms with Gasteiger partial charge in [-0.1, -0.05) is 29.8 Å². The van der Waals surface area contributed by atoms with Gasteiger partial charge in [-0.25, -0.2) is 0 Å². The van der Waals surface area contributed by atoms with E-state index in [0.717, 1.165) is 23.7 Å². The van der Waals surface area contributed by atoms with Crippen molar-refractivity contribution >= 4 is 35.0 Å². The van der Waals surface area contributed by atoms with E-state index >= 15 is 0 Å². The van der Waals surface area contributed by atoms with Crippen molar-refractivity contribution in [2.75, 3.05) is 35.6 Å². The van der Waals surface area contributed by atoms with Crippen molar-refractivity contribution in [3.8, 4) is 0 Å². The molecule has 136 valence electrons. The summed E-state index contributed by atoms with van der Waals surface area (Å²) in [6.45, 7) is 3.90. The first-order chi connectivity index (χ1) is 12.6. The fourth-order valence-corrected chi connectivity index (χ4v) is 3.55. The van der Waals surface area contributed by atoms with Crippen LogP contribution >= 0.6 is 11.8 Å². The number of piperazine rings is 1. The van der Waals surface area contributed by atoms with E-state index in [1.807, 2.05) is 29.2 Å². The first-order valence-electron chi connectivity index (χ1n) is 8.65. The lowest BCUT2D eigenvalue weighted by molar-refractivity contribution is -0.120. The molecule has 2 aromatic carbocycles. The van der Waals surface area contributed by atoms with Crippen molar-refractivity contribution < 1.29 is 9.59 Å². The fraction of sp³-hybridized carbons (Fsp3) is 0.300. The zero-order valence-corrected chi connectivity index (χ0v) is 15.6. The number of nitrogens with zero attached hydrogens (tertiary/aromatic N) is 1. The minimum absolute atomic E-state index is 0.00721. The molecule has 0 atom stereocenters. The van der Waals surface area contributed by atoms with E-state index in [-0.39, 0.29) is 11.8 Å². The number of nitrogens with one attached hydrogen (secondary N) is 2. The van der Waals surface area contributed by atoms with E-state index in [2.05, 4.69) is 41.8 Å². The smallest absolute Gasteiger partial charge is 0.239 e. The Kier molecular flexibility index (Phi) is 6.17. The Morgan fingerprint density at radius 2 is 1.88 bits per heavy atom. The van der Waals surface area contributed by atoms with Crippen LogP contribution in [0.15, 0.2) is 48.5 Å². The van der Waals surface area contributed by atoms with Crippen LogP contribution in [-0.2, 0) is 15.3 Å². The predicted octanol–water partition coefficient (Wildman–Crippen LogP) is 2.80. The standard InChI is InChI=1S/C20H23N3O2S/c1-15-2-4-16(5-3-15)13-26-14-20(25)22-17-6-8-18(9-7-17)23-11-10-21-19(24)12-23/h2-9H,10-14H2,1H3,(H,21,24)(H,22,25). The lowest BCUT2D eigenvalue weighted by Gasteiger charge is -2.28. The lowest BCUT2D eigenvalue weighted by Crippen LogP contribution is -2.47. The number of amides is 2. The van der Waals surface area contributed by atoms with Crippen molar-refractivity contribution in [3.05, 3.63) is 59.7 Å². The van der Waals surface area contributed by atoms with E-state index < -0.39 is 0 Å². The van der Waals surface area contributed by atoms with Crippen LogP contribution in [0.25, 0.3) is 0 Å². The van der Waals surface area contributed by atoms with Crippen LogP contribution in [0.5, 0.6) is 0 Å². The second-order valence-electron chi connectivity index (χ2n) is 6.34. The van der Waals surface area contributed by atoms with Gasteiger partial charge < -0.3 is 15.5 Å². The SMILES string of the molecule is Cc1ccc(CSCC(=O)Nc2ccc(N3CCNC(=O)C3)cc2)cc1. The van der Waals surface area contributed by atoms with Crippen molar-refractivity contribution in [1.29, 1.82) is 0 Å². The quantitative estimate of drug-likeness (QED) is 0.822. The normalized spacial score (nSPS) is 14.0. The first-order valence-corrected chi connectivity index (χ1v) is 9.80. The van der Waals surface area contributed by atoms with E-state index in [1.54, 1.807) is 11.8 Å². The van der Waals surface area contributed by atoms with Crippen LogP contribution in [0, 0.1) is 6.92 Å². The highest BCUT2D eigenvalue weighted by molar-refractivity contribution is 7.99. The second kappa shape index (κ2) is 8.76. The molecule has 0 bridgehead atoms. The summed E-state index contributed by atoms with van der Waals surface area (Å²) in [5.41, 5.74) is 4.23. The van der Waals surface area contributed by atoms with E-state index in [1.165, 1.54) is 11.1 Å². The Hall–Kier alpha value is -2.47. The van der Waals surface area contributed by atoms with E-state index in [9.17, 15) is 9.59 Å². The summed E-state index contributed by atoms with van der Waals surface area (Å²) >= 11 is 1.60. The monoisotopic (exact) mass is 369 g/mol. The lowest BCUT2D eigenvalue weighted by atomic mass is 10.2. The summed E-state index contributed by atoms with van der Waals surface area (Å²) in [5.74, 6) is 1.28. The fourth-order valence-electron chi connectivity index (χ4n) is 2.76. The molecule has 0 unspecified atom stereocenters. The summed E-state index contributed by atoms with van der Waals surface area (Å²) in [5, 5.41) is 5.73. The van der Waals surface area contributed by atoms with Gasteiger partial charge in [0.2, 0.25) is 11.8 Å². The molecule has 2 N–H and O–H groups in total. The summed E-state index contributed by atoms with van der Waals surface area (Å²) < 4.78 is 0. The minimum atomic E-state index is -0.00721. The number of hydrogen-bond acceptors (Lipinski definition) is 4. The maximum absolute atomic E-state index is 12.1. The number of carbonyl (C=O) groups excluding carboxylic acids is 2. The molecule has 1 aliphatic heterocycles. The highest BCUT2D eigenvalue weighted by Gasteiger charge is 2.16. The van der Waals surface area contributed by atoms with Gasteiger partial charge >= 0.3 is 0 Å². The summed E-state index contributed by atoms with van der Waals surface area (Å²) in [4.78, 5) is 25.6. The summed E-state index contributed by atoms with van der Waals surface area (Å²) in [6, 6.07) is 16.0. The van der Waals surface area contributed by atoms with Gasteiger partial charge in [-0.05, 0) is 36.8 Å². The Morgan fingerprint density at radius 1 is 1.15 bits per heavy atom. The molecule has 0 aliphatic carbocycles. The number of aryl methyl sites for hydroxylation is 1. The molecule has 1 fully saturated rings. The Balaban J connectivity index is 1.45. The topological polar surface area (TPSA) is 61.4 Å². The summed E-state index contributed by atoms with van der Waals surface area (Å²) in [7, 11) is 0.